The second kappa shape index (κ2) is 9.01. The zero-order chi connectivity index (χ0) is 21.8. The van der Waals surface area contributed by atoms with Crippen LogP contribution in [0, 0.1) is 0 Å². The molecule has 2 rings (SSSR count). The van der Waals surface area contributed by atoms with Gasteiger partial charge in [-0.25, -0.2) is 0 Å². The maximum Gasteiger partial charge on any atom is 0.498 e. The van der Waals surface area contributed by atoms with Gasteiger partial charge in [-0.05, 0) is 47.6 Å². The van der Waals surface area contributed by atoms with Crippen molar-refractivity contribution in [1.29, 1.82) is 0 Å². The van der Waals surface area contributed by atoms with Gasteiger partial charge in [-0.2, -0.15) is 4.39 Å². The monoisotopic (exact) mass is 406 g/mol. The van der Waals surface area contributed by atoms with Crippen molar-refractivity contribution in [3.8, 4) is 5.75 Å². The SMILES string of the molecule is CCOC(=O)Cc1ccccc1O/C(F)=C/C(B1OC(C)(C)C(C)(C)O1)=C(\C)O. The molecule has 0 bridgehead atoms. The molecule has 158 valence electrons. The van der Waals surface area contributed by atoms with Crippen LogP contribution in [0.5, 0.6) is 5.75 Å². The van der Waals surface area contributed by atoms with E-state index in [1.165, 1.54) is 6.92 Å². The van der Waals surface area contributed by atoms with E-state index in [9.17, 15) is 14.3 Å². The molecule has 1 aromatic rings. The molecule has 0 aliphatic carbocycles. The molecule has 0 radical (unpaired) electrons. The van der Waals surface area contributed by atoms with Crippen LogP contribution in [-0.2, 0) is 25.3 Å². The molecule has 6 nitrogen and oxygen atoms in total. The van der Waals surface area contributed by atoms with Crippen LogP contribution in [0.3, 0.4) is 0 Å². The van der Waals surface area contributed by atoms with Crippen LogP contribution >= 0.6 is 0 Å². The average molecular weight is 406 g/mol. The first kappa shape index (κ1) is 23.0. The van der Waals surface area contributed by atoms with Crippen molar-refractivity contribution >= 4 is 13.1 Å². The summed E-state index contributed by atoms with van der Waals surface area (Å²) in [5.74, 6) is -0.405. The summed E-state index contributed by atoms with van der Waals surface area (Å²) in [5, 5.41) is 10.1. The summed E-state index contributed by atoms with van der Waals surface area (Å²) in [6.07, 6.45) is 0.981. The molecule has 1 N–H and O–H groups in total. The molecular formula is C21H28BFO6. The van der Waals surface area contributed by atoms with E-state index in [1.807, 2.05) is 27.7 Å². The van der Waals surface area contributed by atoms with Crippen LogP contribution in [0.2, 0.25) is 0 Å². The summed E-state index contributed by atoms with van der Waals surface area (Å²) in [6.45, 7) is 10.8. The predicted molar refractivity (Wildman–Crippen MR) is 108 cm³/mol. The van der Waals surface area contributed by atoms with Gasteiger partial charge in [0.25, 0.3) is 6.01 Å². The highest BCUT2D eigenvalue weighted by Crippen LogP contribution is 2.39. The van der Waals surface area contributed by atoms with Crippen LogP contribution < -0.4 is 4.74 Å². The van der Waals surface area contributed by atoms with Crippen LogP contribution in [-0.4, -0.2) is 36.0 Å². The maximum absolute atomic E-state index is 14.7. The lowest BCUT2D eigenvalue weighted by Crippen LogP contribution is -2.41. The fourth-order valence-electron chi connectivity index (χ4n) is 2.69. The fourth-order valence-corrected chi connectivity index (χ4v) is 2.69. The van der Waals surface area contributed by atoms with E-state index in [0.29, 0.717) is 5.56 Å². The number of para-hydroxylation sites is 1. The van der Waals surface area contributed by atoms with Crippen molar-refractivity contribution < 1.29 is 33.1 Å². The Kier molecular flexibility index (Phi) is 7.13. The van der Waals surface area contributed by atoms with E-state index in [1.54, 1.807) is 31.2 Å². The van der Waals surface area contributed by atoms with Gasteiger partial charge in [0.1, 0.15) is 5.75 Å². The number of hydrogen-bond donors (Lipinski definition) is 1. The standard InChI is InChI=1S/C21H28BFO6/c1-7-26-19(25)12-15-10-8-9-11-17(15)27-18(23)13-16(14(2)24)22-28-20(3,4)21(5,6)29-22/h8-11,13,24H,7,12H2,1-6H3/b16-14-,18-13+. The van der Waals surface area contributed by atoms with Gasteiger partial charge in [0.05, 0.1) is 30.0 Å². The van der Waals surface area contributed by atoms with Gasteiger partial charge in [-0.15, -0.1) is 0 Å². The van der Waals surface area contributed by atoms with E-state index < -0.39 is 30.3 Å². The molecule has 0 atom stereocenters. The van der Waals surface area contributed by atoms with Crippen molar-refractivity contribution in [1.82, 2.24) is 0 Å². The predicted octanol–water partition coefficient (Wildman–Crippen LogP) is 4.45. The lowest BCUT2D eigenvalue weighted by Gasteiger charge is -2.32. The first-order chi connectivity index (χ1) is 13.5. The molecule has 1 heterocycles. The molecule has 1 aromatic carbocycles. The van der Waals surface area contributed by atoms with E-state index in [2.05, 4.69) is 0 Å². The number of carbonyl (C=O) groups is 1. The molecule has 1 fully saturated rings. The number of halogens is 1. The summed E-state index contributed by atoms with van der Waals surface area (Å²) < 4.78 is 36.6. The van der Waals surface area contributed by atoms with Crippen LogP contribution in [0.1, 0.15) is 47.1 Å². The molecule has 1 aliphatic heterocycles. The summed E-state index contributed by atoms with van der Waals surface area (Å²) in [7, 11) is -0.950. The normalized spacial score (nSPS) is 19.0. The third kappa shape index (κ3) is 5.61. The third-order valence-corrected chi connectivity index (χ3v) is 5.01. The number of ether oxygens (including phenoxy) is 2. The van der Waals surface area contributed by atoms with E-state index in [-0.39, 0.29) is 30.0 Å². The molecule has 0 amide bonds. The largest absolute Gasteiger partial charge is 0.513 e. The Morgan fingerprint density at radius 1 is 1.21 bits per heavy atom. The molecule has 1 saturated heterocycles. The lowest BCUT2D eigenvalue weighted by atomic mass is 9.77. The number of esters is 1. The molecule has 8 heteroatoms. The number of aliphatic hydroxyl groups is 1. The van der Waals surface area contributed by atoms with E-state index in [0.717, 1.165) is 6.08 Å². The fraction of sp³-hybridized carbons (Fsp3) is 0.476. The number of rotatable bonds is 7. The van der Waals surface area contributed by atoms with Gasteiger partial charge in [0.15, 0.2) is 0 Å². The Hall–Kier alpha value is -2.32. The van der Waals surface area contributed by atoms with Crippen molar-refractivity contribution in [3.05, 3.63) is 53.1 Å². The van der Waals surface area contributed by atoms with Gasteiger partial charge >= 0.3 is 13.1 Å². The van der Waals surface area contributed by atoms with Crippen LogP contribution in [0.4, 0.5) is 4.39 Å². The van der Waals surface area contributed by atoms with Crippen molar-refractivity contribution in [2.24, 2.45) is 0 Å². The highest BCUT2D eigenvalue weighted by molar-refractivity contribution is 6.55. The minimum Gasteiger partial charge on any atom is -0.513 e. The zero-order valence-electron chi connectivity index (χ0n) is 17.7. The molecule has 29 heavy (non-hydrogen) atoms. The Bertz CT molecular complexity index is 795. The van der Waals surface area contributed by atoms with Gasteiger partial charge in [-0.3, -0.25) is 4.79 Å². The van der Waals surface area contributed by atoms with E-state index in [4.69, 9.17) is 18.8 Å². The second-order valence-corrected chi connectivity index (χ2v) is 7.77. The average Bonchev–Trinajstić information content (AvgIpc) is 2.82. The first-order valence-electron chi connectivity index (χ1n) is 9.51. The lowest BCUT2D eigenvalue weighted by molar-refractivity contribution is -0.142. The Morgan fingerprint density at radius 2 is 1.79 bits per heavy atom. The van der Waals surface area contributed by atoms with Crippen LogP contribution in [0.25, 0.3) is 0 Å². The number of benzene rings is 1. The van der Waals surface area contributed by atoms with Gasteiger partial charge in [-0.1, -0.05) is 18.2 Å². The van der Waals surface area contributed by atoms with E-state index >= 15 is 0 Å². The van der Waals surface area contributed by atoms with Gasteiger partial charge < -0.3 is 23.9 Å². The summed E-state index contributed by atoms with van der Waals surface area (Å²) in [6, 6.07) is 5.61. The molecule has 0 spiro atoms. The van der Waals surface area contributed by atoms with Crippen molar-refractivity contribution in [3.63, 3.8) is 0 Å². The summed E-state index contributed by atoms with van der Waals surface area (Å²) in [5.41, 5.74) is -0.689. The highest BCUT2D eigenvalue weighted by Gasteiger charge is 2.52. The molecule has 1 aliphatic rings. The number of allylic oxidation sites excluding steroid dienone is 3. The van der Waals surface area contributed by atoms with Crippen molar-refractivity contribution in [2.45, 2.75) is 59.2 Å². The first-order valence-corrected chi connectivity index (χ1v) is 9.51. The van der Waals surface area contributed by atoms with Crippen LogP contribution in [0.15, 0.2) is 47.6 Å². The minimum atomic E-state index is -0.973. The smallest absolute Gasteiger partial charge is 0.498 e. The maximum atomic E-state index is 14.7. The number of hydrogen-bond acceptors (Lipinski definition) is 6. The third-order valence-electron chi connectivity index (χ3n) is 5.01. The number of carbonyl (C=O) groups excluding carboxylic acids is 1. The summed E-state index contributed by atoms with van der Waals surface area (Å²) in [4.78, 5) is 11.8. The Balaban J connectivity index is 2.22. The summed E-state index contributed by atoms with van der Waals surface area (Å²) >= 11 is 0. The van der Waals surface area contributed by atoms with Gasteiger partial charge in [0, 0.05) is 17.1 Å². The molecule has 0 unspecified atom stereocenters. The molecule has 0 saturated carbocycles. The minimum absolute atomic E-state index is 0.0454. The number of aliphatic hydroxyl groups excluding tert-OH is 1. The highest BCUT2D eigenvalue weighted by atomic mass is 19.1. The Labute approximate surface area is 171 Å². The molecule has 0 aromatic heterocycles. The second-order valence-electron chi connectivity index (χ2n) is 7.77. The molecular weight excluding hydrogens is 378 g/mol. The quantitative estimate of drug-likeness (QED) is 0.312. The zero-order valence-corrected chi connectivity index (χ0v) is 17.7. The Morgan fingerprint density at radius 3 is 2.34 bits per heavy atom. The van der Waals surface area contributed by atoms with Gasteiger partial charge in [0.2, 0.25) is 0 Å². The topological polar surface area (TPSA) is 74.2 Å². The van der Waals surface area contributed by atoms with Crippen molar-refractivity contribution in [2.75, 3.05) is 6.61 Å².